The quantitative estimate of drug-likeness (QED) is 0.588. The van der Waals surface area contributed by atoms with E-state index in [9.17, 15) is 13.2 Å². The van der Waals surface area contributed by atoms with E-state index in [1.807, 2.05) is 55.5 Å². The molecule has 1 unspecified atom stereocenters. The summed E-state index contributed by atoms with van der Waals surface area (Å²) >= 11 is 6.18. The SMILES string of the molecule is CC(NC(=O)c1cccc(S(=O)(=O)NCc2ccccc2)c1)c1ccccc1Cl. The number of rotatable bonds is 7. The van der Waals surface area contributed by atoms with Gasteiger partial charge in [-0.2, -0.15) is 0 Å². The lowest BCUT2D eigenvalue weighted by Crippen LogP contribution is -2.27. The van der Waals surface area contributed by atoms with Gasteiger partial charge in [0.25, 0.3) is 5.91 Å². The molecule has 150 valence electrons. The zero-order valence-corrected chi connectivity index (χ0v) is 17.4. The van der Waals surface area contributed by atoms with Crippen molar-refractivity contribution >= 4 is 27.5 Å². The molecule has 0 spiro atoms. The van der Waals surface area contributed by atoms with Crippen molar-refractivity contribution in [3.8, 4) is 0 Å². The molecule has 3 aromatic rings. The van der Waals surface area contributed by atoms with E-state index in [1.165, 1.54) is 12.1 Å². The third kappa shape index (κ3) is 5.44. The van der Waals surface area contributed by atoms with Crippen LogP contribution in [-0.2, 0) is 16.6 Å². The molecule has 29 heavy (non-hydrogen) atoms. The molecule has 0 saturated carbocycles. The minimum absolute atomic E-state index is 0.0338. The van der Waals surface area contributed by atoms with Crippen LogP contribution in [0, 0.1) is 0 Å². The predicted octanol–water partition coefficient (Wildman–Crippen LogP) is 4.31. The average molecular weight is 429 g/mol. The van der Waals surface area contributed by atoms with Crippen LogP contribution in [-0.4, -0.2) is 14.3 Å². The smallest absolute Gasteiger partial charge is 0.251 e. The standard InChI is InChI=1S/C22H21ClN2O3S/c1-16(20-12-5-6-13-21(20)23)25-22(26)18-10-7-11-19(14-18)29(27,28)24-15-17-8-3-2-4-9-17/h2-14,16,24H,15H2,1H3,(H,25,26). The van der Waals surface area contributed by atoms with E-state index in [1.54, 1.807) is 18.2 Å². The first-order chi connectivity index (χ1) is 13.9. The van der Waals surface area contributed by atoms with Gasteiger partial charge in [-0.3, -0.25) is 4.79 Å². The molecule has 3 rings (SSSR count). The van der Waals surface area contributed by atoms with Crippen molar-refractivity contribution in [2.24, 2.45) is 0 Å². The fourth-order valence-corrected chi connectivity index (χ4v) is 4.21. The number of nitrogens with one attached hydrogen (secondary N) is 2. The Hall–Kier alpha value is -2.67. The lowest BCUT2D eigenvalue weighted by atomic mass is 10.1. The number of amides is 1. The Morgan fingerprint density at radius 3 is 2.38 bits per heavy atom. The highest BCUT2D eigenvalue weighted by Gasteiger charge is 2.18. The Kier molecular flexibility index (Phi) is 6.69. The molecule has 3 aromatic carbocycles. The first-order valence-electron chi connectivity index (χ1n) is 9.06. The van der Waals surface area contributed by atoms with Gasteiger partial charge in [0.05, 0.1) is 10.9 Å². The van der Waals surface area contributed by atoms with Gasteiger partial charge < -0.3 is 5.32 Å². The Morgan fingerprint density at radius 2 is 1.66 bits per heavy atom. The average Bonchev–Trinajstić information content (AvgIpc) is 2.73. The maximum Gasteiger partial charge on any atom is 0.251 e. The summed E-state index contributed by atoms with van der Waals surface area (Å²) in [5, 5.41) is 3.41. The molecule has 0 bridgehead atoms. The minimum Gasteiger partial charge on any atom is -0.345 e. The third-order valence-electron chi connectivity index (χ3n) is 4.43. The Morgan fingerprint density at radius 1 is 0.966 bits per heavy atom. The summed E-state index contributed by atoms with van der Waals surface area (Å²) in [6, 6.07) is 22.1. The Balaban J connectivity index is 1.72. The van der Waals surface area contributed by atoms with Gasteiger partial charge >= 0.3 is 0 Å². The predicted molar refractivity (Wildman–Crippen MR) is 114 cm³/mol. The van der Waals surface area contributed by atoms with Crippen LogP contribution in [0.1, 0.15) is 34.5 Å². The van der Waals surface area contributed by atoms with Crippen molar-refractivity contribution in [2.45, 2.75) is 24.4 Å². The second-order valence-corrected chi connectivity index (χ2v) is 8.73. The van der Waals surface area contributed by atoms with Crippen LogP contribution < -0.4 is 10.0 Å². The zero-order chi connectivity index (χ0) is 20.9. The molecule has 1 atom stereocenters. The molecule has 0 aliphatic heterocycles. The van der Waals surface area contributed by atoms with Gasteiger partial charge in [-0.1, -0.05) is 66.2 Å². The highest BCUT2D eigenvalue weighted by atomic mass is 35.5. The molecule has 0 aliphatic carbocycles. The van der Waals surface area contributed by atoms with E-state index in [0.717, 1.165) is 11.1 Å². The van der Waals surface area contributed by atoms with Gasteiger partial charge in [-0.25, -0.2) is 13.1 Å². The summed E-state index contributed by atoms with van der Waals surface area (Å²) in [5.74, 6) is -0.377. The number of carbonyl (C=O) groups excluding carboxylic acids is 1. The Bertz CT molecular complexity index is 1100. The first kappa shape index (κ1) is 21.0. The van der Waals surface area contributed by atoms with Crippen molar-refractivity contribution in [3.05, 3.63) is 101 Å². The van der Waals surface area contributed by atoms with E-state index in [4.69, 9.17) is 11.6 Å². The molecule has 7 heteroatoms. The topological polar surface area (TPSA) is 75.3 Å². The van der Waals surface area contributed by atoms with Crippen molar-refractivity contribution in [1.29, 1.82) is 0 Å². The Labute approximate surface area is 175 Å². The van der Waals surface area contributed by atoms with Gasteiger partial charge in [-0.15, -0.1) is 0 Å². The second kappa shape index (κ2) is 9.22. The van der Waals surface area contributed by atoms with Crippen LogP contribution in [0.3, 0.4) is 0 Å². The van der Waals surface area contributed by atoms with Crippen LogP contribution in [0.5, 0.6) is 0 Å². The van der Waals surface area contributed by atoms with Gasteiger partial charge in [0, 0.05) is 17.1 Å². The first-order valence-corrected chi connectivity index (χ1v) is 10.9. The lowest BCUT2D eigenvalue weighted by Gasteiger charge is -2.16. The van der Waals surface area contributed by atoms with E-state index in [0.29, 0.717) is 5.02 Å². The summed E-state index contributed by atoms with van der Waals surface area (Å²) in [7, 11) is -3.75. The molecule has 0 saturated heterocycles. The number of benzene rings is 3. The molecule has 0 radical (unpaired) electrons. The van der Waals surface area contributed by atoms with Gasteiger partial charge in [0.15, 0.2) is 0 Å². The maximum absolute atomic E-state index is 12.6. The molecular formula is C22H21ClN2O3S. The molecule has 0 aliphatic rings. The van der Waals surface area contributed by atoms with Crippen molar-refractivity contribution in [1.82, 2.24) is 10.0 Å². The van der Waals surface area contributed by atoms with Crippen LogP contribution >= 0.6 is 11.6 Å². The number of carbonyl (C=O) groups is 1. The second-order valence-electron chi connectivity index (χ2n) is 6.55. The van der Waals surface area contributed by atoms with E-state index < -0.39 is 10.0 Å². The summed E-state index contributed by atoms with van der Waals surface area (Å²) in [6.45, 7) is 1.99. The van der Waals surface area contributed by atoms with E-state index >= 15 is 0 Å². The van der Waals surface area contributed by atoms with Gasteiger partial charge in [-0.05, 0) is 42.3 Å². The van der Waals surface area contributed by atoms with Crippen LogP contribution in [0.15, 0.2) is 83.8 Å². The summed E-state index contributed by atoms with van der Waals surface area (Å²) in [4.78, 5) is 12.7. The summed E-state index contributed by atoms with van der Waals surface area (Å²) in [5.41, 5.74) is 1.89. The molecule has 0 heterocycles. The normalized spacial score (nSPS) is 12.3. The van der Waals surface area contributed by atoms with E-state index in [-0.39, 0.29) is 29.0 Å². The molecule has 0 aromatic heterocycles. The van der Waals surface area contributed by atoms with Crippen molar-refractivity contribution < 1.29 is 13.2 Å². The van der Waals surface area contributed by atoms with Crippen molar-refractivity contribution in [2.75, 3.05) is 0 Å². The number of sulfonamides is 1. The fraction of sp³-hybridized carbons (Fsp3) is 0.136. The third-order valence-corrected chi connectivity index (χ3v) is 6.18. The molecule has 0 fully saturated rings. The number of halogens is 1. The van der Waals surface area contributed by atoms with E-state index in [2.05, 4.69) is 10.0 Å². The zero-order valence-electron chi connectivity index (χ0n) is 15.8. The van der Waals surface area contributed by atoms with Crippen LogP contribution in [0.2, 0.25) is 5.02 Å². The molecule has 5 nitrogen and oxygen atoms in total. The molecule has 2 N–H and O–H groups in total. The maximum atomic E-state index is 12.6. The van der Waals surface area contributed by atoms with Crippen LogP contribution in [0.4, 0.5) is 0 Å². The van der Waals surface area contributed by atoms with Crippen molar-refractivity contribution in [3.63, 3.8) is 0 Å². The number of hydrogen-bond donors (Lipinski definition) is 2. The summed E-state index contributed by atoms with van der Waals surface area (Å²) in [6.07, 6.45) is 0. The fourth-order valence-electron chi connectivity index (χ4n) is 2.85. The number of hydrogen-bond acceptors (Lipinski definition) is 3. The minimum atomic E-state index is -3.75. The summed E-state index contributed by atoms with van der Waals surface area (Å²) < 4.78 is 27.8. The molecule has 1 amide bonds. The lowest BCUT2D eigenvalue weighted by molar-refractivity contribution is 0.0939. The van der Waals surface area contributed by atoms with Gasteiger partial charge in [0.2, 0.25) is 10.0 Å². The van der Waals surface area contributed by atoms with Gasteiger partial charge in [0.1, 0.15) is 0 Å². The monoisotopic (exact) mass is 428 g/mol. The molecular weight excluding hydrogens is 408 g/mol. The highest BCUT2D eigenvalue weighted by molar-refractivity contribution is 7.89. The van der Waals surface area contributed by atoms with Crippen LogP contribution in [0.25, 0.3) is 0 Å². The largest absolute Gasteiger partial charge is 0.345 e. The highest BCUT2D eigenvalue weighted by Crippen LogP contribution is 2.22.